The number of nitrogens with zero attached hydrogens (tertiary/aromatic N) is 1. The summed E-state index contributed by atoms with van der Waals surface area (Å²) in [4.78, 5) is 25.7. The van der Waals surface area contributed by atoms with Gasteiger partial charge in [0.2, 0.25) is 5.91 Å². The number of rotatable bonds is 3. The monoisotopic (exact) mass is 367 g/mol. The summed E-state index contributed by atoms with van der Waals surface area (Å²) >= 11 is 11.9. The number of benzene rings is 2. The molecule has 4 nitrogen and oxygen atoms in total. The number of hydrogen-bond donors (Lipinski definition) is 0. The molecule has 0 N–H and O–H groups in total. The van der Waals surface area contributed by atoms with Gasteiger partial charge >= 0.3 is 5.97 Å². The number of amides is 1. The molecule has 0 bridgehead atoms. The van der Waals surface area contributed by atoms with Crippen LogP contribution in [0.25, 0.3) is 0 Å². The van der Waals surface area contributed by atoms with Crippen molar-refractivity contribution in [2.75, 3.05) is 11.4 Å². The molecule has 124 valence electrons. The lowest BCUT2D eigenvalue weighted by Gasteiger charge is -2.17. The number of carbonyl (C=O) groups excluding carboxylic acids is 2. The molecule has 1 fully saturated rings. The second-order valence-corrected chi connectivity index (χ2v) is 6.12. The van der Waals surface area contributed by atoms with Gasteiger partial charge in [0.25, 0.3) is 0 Å². The first-order valence-electron chi connectivity index (χ1n) is 7.18. The Bertz CT molecular complexity index is 812. The summed E-state index contributed by atoms with van der Waals surface area (Å²) in [5.41, 5.74) is 0.151. The van der Waals surface area contributed by atoms with Gasteiger partial charge in [0.15, 0.2) is 5.75 Å². The van der Waals surface area contributed by atoms with Crippen LogP contribution in [0.4, 0.5) is 10.1 Å². The Kier molecular flexibility index (Phi) is 4.73. The van der Waals surface area contributed by atoms with Crippen LogP contribution in [0.5, 0.6) is 5.75 Å². The summed E-state index contributed by atoms with van der Waals surface area (Å²) in [7, 11) is 0. The number of halogens is 3. The summed E-state index contributed by atoms with van der Waals surface area (Å²) in [6, 6.07) is 10.6. The lowest BCUT2D eigenvalue weighted by atomic mass is 10.1. The van der Waals surface area contributed by atoms with Crippen LogP contribution in [0.1, 0.15) is 6.42 Å². The van der Waals surface area contributed by atoms with Crippen LogP contribution in [-0.2, 0) is 9.59 Å². The number of ether oxygens (including phenoxy) is 1. The van der Waals surface area contributed by atoms with Crippen LogP contribution in [0.3, 0.4) is 0 Å². The smallest absolute Gasteiger partial charge is 0.316 e. The van der Waals surface area contributed by atoms with Gasteiger partial charge in [-0.3, -0.25) is 9.59 Å². The molecular weight excluding hydrogens is 356 g/mol. The molecule has 0 spiro atoms. The van der Waals surface area contributed by atoms with Crippen molar-refractivity contribution in [3.63, 3.8) is 0 Å². The Morgan fingerprint density at radius 1 is 1.17 bits per heavy atom. The Morgan fingerprint density at radius 2 is 1.92 bits per heavy atom. The fourth-order valence-electron chi connectivity index (χ4n) is 2.52. The van der Waals surface area contributed by atoms with Crippen molar-refractivity contribution in [3.05, 3.63) is 58.3 Å². The SMILES string of the molecule is O=C(Oc1cccc(Cl)c1Cl)C1CC(=O)N(c2ccccc2F)C1. The van der Waals surface area contributed by atoms with E-state index in [0.717, 1.165) is 0 Å². The first kappa shape index (κ1) is 16.7. The van der Waals surface area contributed by atoms with Gasteiger partial charge in [-0.1, -0.05) is 41.4 Å². The summed E-state index contributed by atoms with van der Waals surface area (Å²) in [5, 5.41) is 0.389. The highest BCUT2D eigenvalue weighted by Gasteiger charge is 2.37. The summed E-state index contributed by atoms with van der Waals surface area (Å²) in [6.07, 6.45) is -0.0502. The first-order chi connectivity index (χ1) is 11.5. The Morgan fingerprint density at radius 3 is 2.67 bits per heavy atom. The van der Waals surface area contributed by atoms with Crippen molar-refractivity contribution < 1.29 is 18.7 Å². The van der Waals surface area contributed by atoms with Gasteiger partial charge < -0.3 is 9.64 Å². The molecule has 2 aromatic rings. The van der Waals surface area contributed by atoms with Crippen molar-refractivity contribution in [1.82, 2.24) is 0 Å². The minimum atomic E-state index is -0.702. The zero-order valence-electron chi connectivity index (χ0n) is 12.3. The fraction of sp³-hybridized carbons (Fsp3) is 0.176. The number of anilines is 1. The van der Waals surface area contributed by atoms with Crippen LogP contribution in [0.2, 0.25) is 10.0 Å². The Balaban J connectivity index is 1.75. The second-order valence-electron chi connectivity index (χ2n) is 5.33. The molecular formula is C17H12Cl2FNO3. The molecule has 1 aliphatic heterocycles. The molecule has 3 rings (SSSR count). The molecule has 0 aromatic heterocycles. The zero-order chi connectivity index (χ0) is 17.3. The largest absolute Gasteiger partial charge is 0.425 e. The molecule has 7 heteroatoms. The second kappa shape index (κ2) is 6.79. The van der Waals surface area contributed by atoms with E-state index in [4.69, 9.17) is 27.9 Å². The van der Waals surface area contributed by atoms with E-state index in [0.29, 0.717) is 0 Å². The molecule has 0 radical (unpaired) electrons. The van der Waals surface area contributed by atoms with Crippen LogP contribution in [0.15, 0.2) is 42.5 Å². The molecule has 1 amide bonds. The van der Waals surface area contributed by atoms with Gasteiger partial charge in [0.1, 0.15) is 10.8 Å². The van der Waals surface area contributed by atoms with Gasteiger partial charge in [-0.15, -0.1) is 0 Å². The Labute approximate surface area is 147 Å². The third-order valence-corrected chi connectivity index (χ3v) is 4.53. The zero-order valence-corrected chi connectivity index (χ0v) is 13.9. The highest BCUT2D eigenvalue weighted by molar-refractivity contribution is 6.43. The molecule has 2 aromatic carbocycles. The van der Waals surface area contributed by atoms with Gasteiger partial charge in [-0.25, -0.2) is 4.39 Å². The standard InChI is InChI=1S/C17H12Cl2FNO3/c18-11-4-3-7-14(16(11)19)24-17(23)10-8-15(22)21(9-10)13-6-2-1-5-12(13)20/h1-7,10H,8-9H2. The topological polar surface area (TPSA) is 46.6 Å². The predicted octanol–water partition coefficient (Wildman–Crippen LogP) is 4.09. The maximum absolute atomic E-state index is 13.8. The summed E-state index contributed by atoms with van der Waals surface area (Å²) in [6.45, 7) is 0.0524. The molecule has 1 atom stereocenters. The van der Waals surface area contributed by atoms with E-state index in [1.807, 2.05) is 0 Å². The lowest BCUT2D eigenvalue weighted by Crippen LogP contribution is -2.28. The van der Waals surface area contributed by atoms with Crippen LogP contribution < -0.4 is 9.64 Å². The van der Waals surface area contributed by atoms with E-state index < -0.39 is 17.7 Å². The minimum Gasteiger partial charge on any atom is -0.425 e. The Hall–Kier alpha value is -2.11. The third-order valence-electron chi connectivity index (χ3n) is 3.73. The van der Waals surface area contributed by atoms with Crippen molar-refractivity contribution in [2.45, 2.75) is 6.42 Å². The van der Waals surface area contributed by atoms with Gasteiger partial charge in [0, 0.05) is 13.0 Å². The van der Waals surface area contributed by atoms with E-state index in [1.54, 1.807) is 18.2 Å². The number of hydrogen-bond acceptors (Lipinski definition) is 3. The van der Waals surface area contributed by atoms with Gasteiger partial charge in [-0.05, 0) is 24.3 Å². The maximum atomic E-state index is 13.8. The molecule has 1 heterocycles. The molecule has 1 unspecified atom stereocenters. The molecule has 0 aliphatic carbocycles. The molecule has 1 saturated heterocycles. The van der Waals surface area contributed by atoms with Crippen LogP contribution in [-0.4, -0.2) is 18.4 Å². The van der Waals surface area contributed by atoms with Gasteiger partial charge in [0.05, 0.1) is 16.6 Å². The predicted molar refractivity (Wildman–Crippen MR) is 89.0 cm³/mol. The highest BCUT2D eigenvalue weighted by Crippen LogP contribution is 2.33. The number of esters is 1. The first-order valence-corrected chi connectivity index (χ1v) is 7.93. The lowest BCUT2D eigenvalue weighted by molar-refractivity contribution is -0.139. The van der Waals surface area contributed by atoms with E-state index in [-0.39, 0.29) is 40.4 Å². The molecule has 0 saturated carbocycles. The average Bonchev–Trinajstić information content (AvgIpc) is 2.94. The van der Waals surface area contributed by atoms with Crippen molar-refractivity contribution >= 4 is 40.8 Å². The van der Waals surface area contributed by atoms with Crippen LogP contribution >= 0.6 is 23.2 Å². The minimum absolute atomic E-state index is 0.0502. The van der Waals surface area contributed by atoms with E-state index in [2.05, 4.69) is 0 Å². The fourth-order valence-corrected chi connectivity index (χ4v) is 2.85. The maximum Gasteiger partial charge on any atom is 0.316 e. The highest BCUT2D eigenvalue weighted by atomic mass is 35.5. The summed E-state index contributed by atoms with van der Waals surface area (Å²) < 4.78 is 19.1. The van der Waals surface area contributed by atoms with Gasteiger partial charge in [-0.2, -0.15) is 0 Å². The summed E-state index contributed by atoms with van der Waals surface area (Å²) in [5.74, 6) is -2.03. The van der Waals surface area contributed by atoms with Crippen molar-refractivity contribution in [3.8, 4) is 5.75 Å². The van der Waals surface area contributed by atoms with E-state index in [1.165, 1.54) is 29.2 Å². The van der Waals surface area contributed by atoms with E-state index in [9.17, 15) is 14.0 Å². The average molecular weight is 368 g/mol. The quantitative estimate of drug-likeness (QED) is 0.606. The number of para-hydroxylation sites is 1. The molecule has 24 heavy (non-hydrogen) atoms. The third kappa shape index (κ3) is 3.23. The van der Waals surface area contributed by atoms with Crippen molar-refractivity contribution in [2.24, 2.45) is 5.92 Å². The normalized spacial score (nSPS) is 17.2. The van der Waals surface area contributed by atoms with E-state index >= 15 is 0 Å². The van der Waals surface area contributed by atoms with Crippen LogP contribution in [0, 0.1) is 11.7 Å². The molecule has 1 aliphatic rings. The van der Waals surface area contributed by atoms with Crippen molar-refractivity contribution in [1.29, 1.82) is 0 Å². The number of carbonyl (C=O) groups is 2.